The number of fused-ring (bicyclic) bond motifs is 1. The lowest BCUT2D eigenvalue weighted by Crippen LogP contribution is -2.08. The fourth-order valence-corrected chi connectivity index (χ4v) is 2.57. The van der Waals surface area contributed by atoms with Crippen LogP contribution in [-0.2, 0) is 17.2 Å². The maximum atomic E-state index is 6.17. The highest BCUT2D eigenvalue weighted by molar-refractivity contribution is 6.34. The molecule has 20 heavy (non-hydrogen) atoms. The molecule has 0 bridgehead atoms. The summed E-state index contributed by atoms with van der Waals surface area (Å²) in [6, 6.07) is 5.82. The van der Waals surface area contributed by atoms with Crippen LogP contribution in [0.25, 0.3) is 11.0 Å². The predicted octanol–water partition coefficient (Wildman–Crippen LogP) is 4.49. The molecule has 0 radical (unpaired) electrons. The number of rotatable bonds is 7. The quantitative estimate of drug-likeness (QED) is 0.556. The molecule has 3 nitrogen and oxygen atoms in total. The molecule has 1 aromatic heterocycles. The Balaban J connectivity index is 2.07. The summed E-state index contributed by atoms with van der Waals surface area (Å²) in [5, 5.41) is 0.670. The van der Waals surface area contributed by atoms with Crippen LogP contribution in [0.4, 0.5) is 0 Å². The Labute approximate surface area is 129 Å². The molecule has 1 aromatic carbocycles. The van der Waals surface area contributed by atoms with E-state index in [9.17, 15) is 0 Å². The Morgan fingerprint density at radius 3 is 2.85 bits per heavy atom. The number of para-hydroxylation sites is 1. The summed E-state index contributed by atoms with van der Waals surface area (Å²) < 4.78 is 7.74. The highest BCUT2D eigenvalue weighted by Crippen LogP contribution is 2.24. The SMILES string of the molecule is CC(C)COCCCn1c(CCl)nc2c(Cl)cccc21. The molecule has 2 aromatic rings. The molecular formula is C15H20Cl2N2O. The van der Waals surface area contributed by atoms with Gasteiger partial charge in [-0.1, -0.05) is 31.5 Å². The van der Waals surface area contributed by atoms with E-state index < -0.39 is 0 Å². The average molecular weight is 315 g/mol. The molecule has 0 amide bonds. The number of nitrogens with zero attached hydrogens (tertiary/aromatic N) is 2. The minimum atomic E-state index is 0.387. The van der Waals surface area contributed by atoms with Crippen molar-refractivity contribution in [3.63, 3.8) is 0 Å². The molecule has 0 spiro atoms. The first kappa shape index (κ1) is 15.6. The Kier molecular flexibility index (Phi) is 5.70. The third-order valence-electron chi connectivity index (χ3n) is 3.05. The fraction of sp³-hybridized carbons (Fsp3) is 0.533. The van der Waals surface area contributed by atoms with Crippen LogP contribution in [0.5, 0.6) is 0 Å². The van der Waals surface area contributed by atoms with E-state index in [0.29, 0.717) is 16.8 Å². The van der Waals surface area contributed by atoms with Crippen LogP contribution in [0, 0.1) is 5.92 Å². The molecule has 5 heteroatoms. The molecule has 0 saturated heterocycles. The molecular weight excluding hydrogens is 295 g/mol. The maximum absolute atomic E-state index is 6.17. The van der Waals surface area contributed by atoms with E-state index in [2.05, 4.69) is 23.4 Å². The van der Waals surface area contributed by atoms with Gasteiger partial charge >= 0.3 is 0 Å². The van der Waals surface area contributed by atoms with Gasteiger partial charge in [0.15, 0.2) is 0 Å². The zero-order valence-electron chi connectivity index (χ0n) is 11.9. The van der Waals surface area contributed by atoms with Crippen molar-refractivity contribution in [1.29, 1.82) is 0 Å². The van der Waals surface area contributed by atoms with E-state index >= 15 is 0 Å². The second kappa shape index (κ2) is 7.30. The van der Waals surface area contributed by atoms with Crippen LogP contribution >= 0.6 is 23.2 Å². The highest BCUT2D eigenvalue weighted by Gasteiger charge is 2.11. The van der Waals surface area contributed by atoms with Crippen molar-refractivity contribution in [2.24, 2.45) is 5.92 Å². The van der Waals surface area contributed by atoms with Crippen LogP contribution < -0.4 is 0 Å². The van der Waals surface area contributed by atoms with Gasteiger partial charge in [-0.05, 0) is 24.5 Å². The Morgan fingerprint density at radius 1 is 1.35 bits per heavy atom. The zero-order chi connectivity index (χ0) is 14.5. The van der Waals surface area contributed by atoms with Gasteiger partial charge in [-0.15, -0.1) is 11.6 Å². The number of benzene rings is 1. The summed E-state index contributed by atoms with van der Waals surface area (Å²) in [5.74, 6) is 1.82. The molecule has 110 valence electrons. The van der Waals surface area contributed by atoms with Crippen molar-refractivity contribution in [3.8, 4) is 0 Å². The van der Waals surface area contributed by atoms with E-state index in [-0.39, 0.29) is 0 Å². The summed E-state index contributed by atoms with van der Waals surface area (Å²) in [6.45, 7) is 6.70. The number of alkyl halides is 1. The van der Waals surface area contributed by atoms with E-state index in [1.165, 1.54) is 0 Å². The first-order valence-electron chi connectivity index (χ1n) is 6.90. The summed E-state index contributed by atoms with van der Waals surface area (Å²) in [6.07, 6.45) is 0.939. The van der Waals surface area contributed by atoms with E-state index in [1.807, 2.05) is 18.2 Å². The molecule has 0 aliphatic carbocycles. The van der Waals surface area contributed by atoms with Crippen molar-refractivity contribution in [3.05, 3.63) is 29.0 Å². The molecule has 2 rings (SSSR count). The molecule has 0 fully saturated rings. The lowest BCUT2D eigenvalue weighted by atomic mass is 10.2. The molecule has 1 heterocycles. The van der Waals surface area contributed by atoms with Crippen molar-refractivity contribution >= 4 is 34.2 Å². The summed E-state index contributed by atoms with van der Waals surface area (Å²) in [7, 11) is 0. The van der Waals surface area contributed by atoms with E-state index in [0.717, 1.165) is 43.0 Å². The van der Waals surface area contributed by atoms with Gasteiger partial charge in [0, 0.05) is 19.8 Å². The van der Waals surface area contributed by atoms with E-state index in [4.69, 9.17) is 27.9 Å². The second-order valence-electron chi connectivity index (χ2n) is 5.24. The molecule has 0 aliphatic heterocycles. The van der Waals surface area contributed by atoms with Gasteiger partial charge in [-0.3, -0.25) is 0 Å². The molecule has 0 atom stereocenters. The topological polar surface area (TPSA) is 27.1 Å². The number of hydrogen-bond donors (Lipinski definition) is 0. The van der Waals surface area contributed by atoms with Gasteiger partial charge in [0.25, 0.3) is 0 Å². The summed E-state index contributed by atoms with van der Waals surface area (Å²) >= 11 is 12.2. The van der Waals surface area contributed by atoms with Crippen LogP contribution in [-0.4, -0.2) is 22.8 Å². The first-order valence-corrected chi connectivity index (χ1v) is 7.82. The van der Waals surface area contributed by atoms with Crippen molar-refractivity contribution in [2.75, 3.05) is 13.2 Å². The number of aryl methyl sites for hydroxylation is 1. The Hall–Kier alpha value is -0.770. The van der Waals surface area contributed by atoms with Crippen LogP contribution in [0.15, 0.2) is 18.2 Å². The Bertz CT molecular complexity index is 566. The minimum Gasteiger partial charge on any atom is -0.381 e. The van der Waals surface area contributed by atoms with Gasteiger partial charge in [0.1, 0.15) is 11.3 Å². The Morgan fingerprint density at radius 2 is 2.15 bits per heavy atom. The van der Waals surface area contributed by atoms with Crippen molar-refractivity contribution < 1.29 is 4.74 Å². The van der Waals surface area contributed by atoms with Gasteiger partial charge in [-0.2, -0.15) is 0 Å². The smallest absolute Gasteiger partial charge is 0.124 e. The largest absolute Gasteiger partial charge is 0.381 e. The zero-order valence-corrected chi connectivity index (χ0v) is 13.4. The predicted molar refractivity (Wildman–Crippen MR) is 84.6 cm³/mol. The van der Waals surface area contributed by atoms with Crippen molar-refractivity contribution in [1.82, 2.24) is 9.55 Å². The van der Waals surface area contributed by atoms with Crippen LogP contribution in [0.2, 0.25) is 5.02 Å². The molecule has 0 unspecified atom stereocenters. The summed E-state index contributed by atoms with van der Waals surface area (Å²) in [4.78, 5) is 4.52. The van der Waals surface area contributed by atoms with Gasteiger partial charge in [0.05, 0.1) is 16.4 Å². The third-order valence-corrected chi connectivity index (χ3v) is 3.59. The van der Waals surface area contributed by atoms with Gasteiger partial charge < -0.3 is 9.30 Å². The van der Waals surface area contributed by atoms with Crippen LogP contribution in [0.3, 0.4) is 0 Å². The third kappa shape index (κ3) is 3.66. The lowest BCUT2D eigenvalue weighted by molar-refractivity contribution is 0.105. The van der Waals surface area contributed by atoms with Gasteiger partial charge in [-0.25, -0.2) is 4.98 Å². The van der Waals surface area contributed by atoms with Gasteiger partial charge in [0.2, 0.25) is 0 Å². The maximum Gasteiger partial charge on any atom is 0.124 e. The number of ether oxygens (including phenoxy) is 1. The second-order valence-corrected chi connectivity index (χ2v) is 5.92. The standard InChI is InChI=1S/C15H20Cl2N2O/c1-11(2)10-20-8-4-7-19-13-6-3-5-12(17)15(13)18-14(19)9-16/h3,5-6,11H,4,7-10H2,1-2H3. The molecule has 0 saturated carbocycles. The minimum absolute atomic E-state index is 0.387. The number of hydrogen-bond acceptors (Lipinski definition) is 2. The fourth-order valence-electron chi connectivity index (χ4n) is 2.16. The first-order chi connectivity index (χ1) is 9.63. The normalized spacial score (nSPS) is 11.7. The lowest BCUT2D eigenvalue weighted by Gasteiger charge is -2.09. The average Bonchev–Trinajstić information content (AvgIpc) is 2.78. The monoisotopic (exact) mass is 314 g/mol. The number of imidazole rings is 1. The number of aromatic nitrogens is 2. The molecule has 0 N–H and O–H groups in total. The molecule has 0 aliphatic rings. The number of halogens is 2. The highest BCUT2D eigenvalue weighted by atomic mass is 35.5. The van der Waals surface area contributed by atoms with Crippen molar-refractivity contribution in [2.45, 2.75) is 32.7 Å². The van der Waals surface area contributed by atoms with Crippen LogP contribution in [0.1, 0.15) is 26.1 Å². The summed E-state index contributed by atoms with van der Waals surface area (Å²) in [5.41, 5.74) is 1.87. The van der Waals surface area contributed by atoms with E-state index in [1.54, 1.807) is 0 Å².